The maximum atomic E-state index is 12.8. The summed E-state index contributed by atoms with van der Waals surface area (Å²) in [5.74, 6) is 1.75. The normalized spacial score (nSPS) is 33.1. The molecule has 4 rings (SSSR count). The van der Waals surface area contributed by atoms with E-state index in [9.17, 15) is 4.79 Å². The summed E-state index contributed by atoms with van der Waals surface area (Å²) in [5.41, 5.74) is 0.0283. The Morgan fingerprint density at radius 3 is 2.52 bits per heavy atom. The third-order valence-electron chi connectivity index (χ3n) is 7.63. The van der Waals surface area contributed by atoms with Gasteiger partial charge in [-0.3, -0.25) is 9.79 Å². The van der Waals surface area contributed by atoms with Crippen molar-refractivity contribution < 1.29 is 9.53 Å². The van der Waals surface area contributed by atoms with Gasteiger partial charge >= 0.3 is 0 Å². The van der Waals surface area contributed by atoms with Gasteiger partial charge in [-0.2, -0.15) is 0 Å². The van der Waals surface area contributed by atoms with Crippen LogP contribution in [-0.2, 0) is 9.53 Å². The van der Waals surface area contributed by atoms with Crippen LogP contribution in [0.4, 0.5) is 0 Å². The van der Waals surface area contributed by atoms with Crippen molar-refractivity contribution in [3.8, 4) is 0 Å². The molecule has 1 amide bonds. The van der Waals surface area contributed by atoms with Gasteiger partial charge in [0.2, 0.25) is 5.91 Å². The molecule has 1 aliphatic heterocycles. The molecule has 2 N–H and O–H groups in total. The Morgan fingerprint density at radius 2 is 1.93 bits per heavy atom. The molecule has 0 aromatic carbocycles. The maximum Gasteiger partial charge on any atom is 0.230 e. The fourth-order valence-electron chi connectivity index (χ4n) is 6.12. The lowest BCUT2D eigenvalue weighted by Crippen LogP contribution is -2.72. The van der Waals surface area contributed by atoms with E-state index in [4.69, 9.17) is 9.73 Å². The van der Waals surface area contributed by atoms with Crippen molar-refractivity contribution >= 4 is 11.9 Å². The summed E-state index contributed by atoms with van der Waals surface area (Å²) in [5, 5.41) is 7.19. The molecule has 3 atom stereocenters. The molecule has 4 aliphatic rings. The second-order valence-corrected chi connectivity index (χ2v) is 9.33. The van der Waals surface area contributed by atoms with Gasteiger partial charge in [0, 0.05) is 44.6 Å². The third kappa shape index (κ3) is 3.04. The molecule has 4 fully saturated rings. The number of aliphatic imine (C=N–C) groups is 1. The van der Waals surface area contributed by atoms with Crippen LogP contribution in [-0.4, -0.2) is 62.7 Å². The number of guanidine groups is 1. The van der Waals surface area contributed by atoms with Gasteiger partial charge in [0.05, 0.1) is 18.1 Å². The summed E-state index contributed by atoms with van der Waals surface area (Å²) in [6.45, 7) is 4.44. The van der Waals surface area contributed by atoms with E-state index in [1.807, 2.05) is 14.1 Å². The minimum Gasteiger partial charge on any atom is -0.377 e. The van der Waals surface area contributed by atoms with Crippen LogP contribution in [0.5, 0.6) is 0 Å². The summed E-state index contributed by atoms with van der Waals surface area (Å²) >= 11 is 0. The molecular weight excluding hydrogens is 340 g/mol. The molecule has 3 saturated carbocycles. The van der Waals surface area contributed by atoms with Gasteiger partial charge in [-0.1, -0.05) is 19.3 Å². The monoisotopic (exact) mass is 376 g/mol. The third-order valence-corrected chi connectivity index (χ3v) is 7.63. The van der Waals surface area contributed by atoms with E-state index in [0.29, 0.717) is 30.0 Å². The molecule has 1 saturated heterocycles. The molecule has 27 heavy (non-hydrogen) atoms. The second-order valence-electron chi connectivity index (χ2n) is 9.33. The molecule has 6 nitrogen and oxygen atoms in total. The number of rotatable bonds is 5. The smallest absolute Gasteiger partial charge is 0.230 e. The second kappa shape index (κ2) is 7.26. The fourth-order valence-corrected chi connectivity index (χ4v) is 6.12. The van der Waals surface area contributed by atoms with E-state index in [-0.39, 0.29) is 11.3 Å². The van der Waals surface area contributed by atoms with Crippen molar-refractivity contribution in [2.75, 3.05) is 33.8 Å². The first-order valence-electron chi connectivity index (χ1n) is 10.9. The van der Waals surface area contributed by atoms with Gasteiger partial charge < -0.3 is 20.3 Å². The molecule has 1 heterocycles. The summed E-state index contributed by atoms with van der Waals surface area (Å²) in [6, 6.07) is 0.473. The Bertz CT molecular complexity index is 593. The number of nitrogens with zero attached hydrogens (tertiary/aromatic N) is 2. The lowest BCUT2D eigenvalue weighted by atomic mass is 9.46. The van der Waals surface area contributed by atoms with E-state index in [1.165, 1.54) is 19.3 Å². The zero-order valence-electron chi connectivity index (χ0n) is 17.2. The minimum absolute atomic E-state index is 0.239. The number of fused-ring (bicyclic) bond motifs is 2. The highest BCUT2D eigenvalue weighted by Crippen LogP contribution is 2.62. The van der Waals surface area contributed by atoms with E-state index in [1.54, 1.807) is 4.90 Å². The first-order valence-corrected chi connectivity index (χ1v) is 10.9. The van der Waals surface area contributed by atoms with Crippen molar-refractivity contribution in [2.45, 2.75) is 70.4 Å². The van der Waals surface area contributed by atoms with Gasteiger partial charge in [-0.05, 0) is 39.0 Å². The van der Waals surface area contributed by atoms with Crippen LogP contribution in [0.25, 0.3) is 0 Å². The van der Waals surface area contributed by atoms with E-state index in [0.717, 1.165) is 51.2 Å². The zero-order chi connectivity index (χ0) is 19.1. The number of carbonyl (C=O) groups is 1. The van der Waals surface area contributed by atoms with Crippen LogP contribution in [0.3, 0.4) is 0 Å². The van der Waals surface area contributed by atoms with Crippen molar-refractivity contribution in [1.29, 1.82) is 0 Å². The maximum absolute atomic E-state index is 12.8. The molecule has 0 aromatic heterocycles. The molecule has 1 spiro atoms. The molecule has 3 unspecified atom stereocenters. The fraction of sp³-hybridized carbons (Fsp3) is 0.905. The Labute approximate surface area is 163 Å². The van der Waals surface area contributed by atoms with Crippen LogP contribution in [0.15, 0.2) is 4.99 Å². The Kier molecular flexibility index (Phi) is 5.12. The highest BCUT2D eigenvalue weighted by molar-refractivity contribution is 5.84. The Morgan fingerprint density at radius 1 is 1.19 bits per heavy atom. The Hall–Kier alpha value is -1.30. The van der Waals surface area contributed by atoms with Crippen LogP contribution < -0.4 is 10.6 Å². The number of nitrogens with one attached hydrogen (secondary N) is 2. The van der Waals surface area contributed by atoms with Crippen molar-refractivity contribution in [2.24, 2.45) is 21.7 Å². The topological polar surface area (TPSA) is 66.0 Å². The average Bonchev–Trinajstić information content (AvgIpc) is 3.24. The van der Waals surface area contributed by atoms with Gasteiger partial charge in [0.25, 0.3) is 0 Å². The number of hydrogen-bond acceptors (Lipinski definition) is 3. The largest absolute Gasteiger partial charge is 0.377 e. The number of ether oxygens (including phenoxy) is 1. The molecule has 0 aromatic rings. The summed E-state index contributed by atoms with van der Waals surface area (Å²) in [4.78, 5) is 19.5. The first-order chi connectivity index (χ1) is 13.0. The minimum atomic E-state index is -0.307. The van der Waals surface area contributed by atoms with Crippen molar-refractivity contribution in [3.05, 3.63) is 0 Å². The molecule has 3 aliphatic carbocycles. The number of carbonyl (C=O) groups excluding carboxylic acids is 1. The standard InChI is InChI=1S/C21H36N4O2/c1-4-22-19(23-14-20(9-5-6-10-20)18(26)25(2)3)24-16-15-8-13-27-17(15)21(16)11-7-12-21/h15-17H,4-14H2,1-3H3,(H2,22,23,24). The van der Waals surface area contributed by atoms with Crippen molar-refractivity contribution in [1.82, 2.24) is 15.5 Å². The SMILES string of the molecule is CCNC(=NCC1(C(=O)N(C)C)CCCC1)NC1C2CCOC2C12CCC2. The average molecular weight is 377 g/mol. The summed E-state index contributed by atoms with van der Waals surface area (Å²) in [7, 11) is 3.73. The van der Waals surface area contributed by atoms with Gasteiger partial charge in [-0.25, -0.2) is 0 Å². The number of amides is 1. The predicted molar refractivity (Wildman–Crippen MR) is 107 cm³/mol. The molecule has 0 radical (unpaired) electrons. The van der Waals surface area contributed by atoms with Gasteiger partial charge in [0.15, 0.2) is 5.96 Å². The Balaban J connectivity index is 1.48. The first kappa shape index (κ1) is 19.0. The highest BCUT2D eigenvalue weighted by Gasteiger charge is 2.66. The van der Waals surface area contributed by atoms with E-state index in [2.05, 4.69) is 17.6 Å². The van der Waals surface area contributed by atoms with Crippen molar-refractivity contribution in [3.63, 3.8) is 0 Å². The van der Waals surface area contributed by atoms with Gasteiger partial charge in [-0.15, -0.1) is 0 Å². The van der Waals surface area contributed by atoms with Crippen LogP contribution in [0.1, 0.15) is 58.3 Å². The lowest BCUT2D eigenvalue weighted by Gasteiger charge is -2.63. The molecular formula is C21H36N4O2. The zero-order valence-corrected chi connectivity index (χ0v) is 17.2. The molecule has 152 valence electrons. The van der Waals surface area contributed by atoms with Crippen LogP contribution >= 0.6 is 0 Å². The summed E-state index contributed by atoms with van der Waals surface area (Å²) < 4.78 is 6.05. The summed E-state index contributed by atoms with van der Waals surface area (Å²) in [6.07, 6.45) is 9.66. The van der Waals surface area contributed by atoms with E-state index < -0.39 is 0 Å². The van der Waals surface area contributed by atoms with Crippen LogP contribution in [0.2, 0.25) is 0 Å². The highest BCUT2D eigenvalue weighted by atomic mass is 16.5. The lowest BCUT2D eigenvalue weighted by molar-refractivity contribution is -0.171. The van der Waals surface area contributed by atoms with Crippen LogP contribution in [0, 0.1) is 16.7 Å². The van der Waals surface area contributed by atoms with Gasteiger partial charge in [0.1, 0.15) is 0 Å². The predicted octanol–water partition coefficient (Wildman–Crippen LogP) is 2.15. The molecule has 0 bridgehead atoms. The molecule has 6 heteroatoms. The number of hydrogen-bond donors (Lipinski definition) is 2. The quantitative estimate of drug-likeness (QED) is 0.570. The van der Waals surface area contributed by atoms with E-state index >= 15 is 0 Å².